The molecule has 3 nitrogen and oxygen atoms in total. The summed E-state index contributed by atoms with van der Waals surface area (Å²) >= 11 is 5.60. The van der Waals surface area contributed by atoms with E-state index in [1.165, 1.54) is 12.1 Å². The fourth-order valence-electron chi connectivity index (χ4n) is 1.05. The molecule has 0 fully saturated rings. The first-order valence-electron chi connectivity index (χ1n) is 4.11. The molecule has 0 aliphatic rings. The summed E-state index contributed by atoms with van der Waals surface area (Å²) < 4.78 is 0. The van der Waals surface area contributed by atoms with Gasteiger partial charge in [0.25, 0.3) is 5.69 Å². The minimum atomic E-state index is -0.409. The molecule has 0 saturated heterocycles. The Morgan fingerprint density at radius 1 is 1.64 bits per heavy atom. The number of non-ortho nitro benzene ring substituents is 1. The Kier molecular flexibility index (Phi) is 3.65. The van der Waals surface area contributed by atoms with Crippen molar-refractivity contribution in [3.63, 3.8) is 0 Å². The van der Waals surface area contributed by atoms with Crippen LogP contribution >= 0.6 is 11.6 Å². The van der Waals surface area contributed by atoms with Crippen molar-refractivity contribution in [3.05, 3.63) is 45.5 Å². The van der Waals surface area contributed by atoms with Crippen molar-refractivity contribution in [2.45, 2.75) is 6.92 Å². The number of benzene rings is 1. The molecular weight excluding hydrogens is 202 g/mol. The molecular formula is C10H10ClNO2. The Labute approximate surface area is 87.2 Å². The Bertz CT molecular complexity index is 374. The predicted octanol–water partition coefficient (Wildman–Crippen LogP) is 3.24. The third kappa shape index (κ3) is 2.85. The highest BCUT2D eigenvalue weighted by Gasteiger charge is 2.03. The van der Waals surface area contributed by atoms with Gasteiger partial charge in [-0.15, -0.1) is 11.6 Å². The summed E-state index contributed by atoms with van der Waals surface area (Å²) in [5, 5.41) is 10.5. The van der Waals surface area contributed by atoms with E-state index < -0.39 is 4.92 Å². The van der Waals surface area contributed by atoms with Crippen LogP contribution in [-0.2, 0) is 0 Å². The molecule has 0 aromatic heterocycles. The lowest BCUT2D eigenvalue weighted by Gasteiger charge is -1.96. The number of nitro benzene ring substituents is 1. The van der Waals surface area contributed by atoms with Crippen LogP contribution in [0.4, 0.5) is 5.69 Å². The first-order chi connectivity index (χ1) is 6.63. The zero-order valence-corrected chi connectivity index (χ0v) is 8.49. The molecule has 1 aromatic rings. The lowest BCUT2D eigenvalue weighted by Crippen LogP contribution is -1.87. The van der Waals surface area contributed by atoms with Crippen molar-refractivity contribution in [1.29, 1.82) is 0 Å². The number of hydrogen-bond acceptors (Lipinski definition) is 2. The van der Waals surface area contributed by atoms with Crippen molar-refractivity contribution in [2.75, 3.05) is 5.88 Å². The van der Waals surface area contributed by atoms with E-state index in [-0.39, 0.29) is 5.69 Å². The number of rotatable bonds is 3. The summed E-state index contributed by atoms with van der Waals surface area (Å²) in [5.41, 5.74) is 1.88. The van der Waals surface area contributed by atoms with Crippen molar-refractivity contribution >= 4 is 23.4 Å². The minimum Gasteiger partial charge on any atom is -0.258 e. The quantitative estimate of drug-likeness (QED) is 0.438. The Morgan fingerprint density at radius 3 is 2.93 bits per heavy atom. The SMILES string of the molecule is C/C(=C/c1cccc([N+](=O)[O-])c1)CCl. The Hall–Kier alpha value is -1.35. The van der Waals surface area contributed by atoms with Gasteiger partial charge in [0, 0.05) is 18.0 Å². The summed E-state index contributed by atoms with van der Waals surface area (Å²) in [6.07, 6.45) is 1.83. The van der Waals surface area contributed by atoms with Crippen LogP contribution in [0.15, 0.2) is 29.8 Å². The molecule has 14 heavy (non-hydrogen) atoms. The molecule has 1 aromatic carbocycles. The molecule has 0 amide bonds. The number of allylic oxidation sites excluding steroid dienone is 1. The molecule has 0 radical (unpaired) electrons. The van der Waals surface area contributed by atoms with Crippen LogP contribution in [0.2, 0.25) is 0 Å². The van der Waals surface area contributed by atoms with E-state index in [1.807, 2.05) is 19.1 Å². The minimum absolute atomic E-state index is 0.0983. The molecule has 0 aliphatic heterocycles. The summed E-state index contributed by atoms with van der Waals surface area (Å²) in [5.74, 6) is 0.433. The van der Waals surface area contributed by atoms with Gasteiger partial charge in [0.05, 0.1) is 4.92 Å². The molecule has 74 valence electrons. The first kappa shape index (κ1) is 10.7. The van der Waals surface area contributed by atoms with Crippen LogP contribution in [0.3, 0.4) is 0 Å². The molecule has 0 N–H and O–H groups in total. The van der Waals surface area contributed by atoms with E-state index in [2.05, 4.69) is 0 Å². The van der Waals surface area contributed by atoms with Crippen molar-refractivity contribution < 1.29 is 4.92 Å². The molecule has 0 spiro atoms. The standard InChI is InChI=1S/C10H10ClNO2/c1-8(7-11)5-9-3-2-4-10(6-9)12(13)14/h2-6H,7H2,1H3/b8-5-. The summed E-state index contributed by atoms with van der Waals surface area (Å²) in [4.78, 5) is 10.1. The fraction of sp³-hybridized carbons (Fsp3) is 0.200. The lowest BCUT2D eigenvalue weighted by atomic mass is 10.1. The predicted molar refractivity (Wildman–Crippen MR) is 57.5 cm³/mol. The van der Waals surface area contributed by atoms with Crippen LogP contribution in [0, 0.1) is 10.1 Å². The van der Waals surface area contributed by atoms with E-state index in [1.54, 1.807) is 6.07 Å². The van der Waals surface area contributed by atoms with Crippen LogP contribution < -0.4 is 0 Å². The molecule has 0 unspecified atom stereocenters. The van der Waals surface area contributed by atoms with Crippen LogP contribution in [0.25, 0.3) is 6.08 Å². The molecule has 1 rings (SSSR count). The van der Waals surface area contributed by atoms with Gasteiger partial charge >= 0.3 is 0 Å². The van der Waals surface area contributed by atoms with Crippen molar-refractivity contribution in [1.82, 2.24) is 0 Å². The number of halogens is 1. The molecule has 0 atom stereocenters. The Balaban J connectivity index is 3.00. The van der Waals surface area contributed by atoms with Gasteiger partial charge in [0.2, 0.25) is 0 Å². The maximum absolute atomic E-state index is 10.5. The fourth-order valence-corrected chi connectivity index (χ4v) is 1.13. The van der Waals surface area contributed by atoms with E-state index in [0.717, 1.165) is 11.1 Å². The third-order valence-electron chi connectivity index (χ3n) is 1.70. The zero-order chi connectivity index (χ0) is 10.6. The van der Waals surface area contributed by atoms with Gasteiger partial charge in [-0.3, -0.25) is 10.1 Å². The van der Waals surface area contributed by atoms with Gasteiger partial charge in [-0.2, -0.15) is 0 Å². The maximum Gasteiger partial charge on any atom is 0.270 e. The number of nitro groups is 1. The highest BCUT2D eigenvalue weighted by atomic mass is 35.5. The summed E-state index contributed by atoms with van der Waals surface area (Å²) in [6, 6.07) is 6.46. The maximum atomic E-state index is 10.5. The normalized spacial score (nSPS) is 11.4. The zero-order valence-electron chi connectivity index (χ0n) is 7.74. The molecule has 0 saturated carbocycles. The van der Waals surface area contributed by atoms with Crippen LogP contribution in [0.1, 0.15) is 12.5 Å². The number of nitrogens with zero attached hydrogens (tertiary/aromatic N) is 1. The highest BCUT2D eigenvalue weighted by molar-refractivity contribution is 6.19. The van der Waals surface area contributed by atoms with Gasteiger partial charge in [0.15, 0.2) is 0 Å². The molecule has 4 heteroatoms. The Morgan fingerprint density at radius 2 is 2.36 bits per heavy atom. The van der Waals surface area contributed by atoms with Gasteiger partial charge < -0.3 is 0 Å². The van der Waals surface area contributed by atoms with E-state index in [9.17, 15) is 10.1 Å². The molecule has 0 aliphatic carbocycles. The van der Waals surface area contributed by atoms with E-state index in [4.69, 9.17) is 11.6 Å². The van der Waals surface area contributed by atoms with Crippen molar-refractivity contribution in [2.24, 2.45) is 0 Å². The third-order valence-corrected chi connectivity index (χ3v) is 2.13. The van der Waals surface area contributed by atoms with Gasteiger partial charge in [-0.05, 0) is 12.5 Å². The first-order valence-corrected chi connectivity index (χ1v) is 4.64. The number of hydrogen-bond donors (Lipinski definition) is 0. The highest BCUT2D eigenvalue weighted by Crippen LogP contribution is 2.15. The van der Waals surface area contributed by atoms with Gasteiger partial charge in [0.1, 0.15) is 0 Å². The van der Waals surface area contributed by atoms with Gasteiger partial charge in [-0.1, -0.05) is 23.8 Å². The topological polar surface area (TPSA) is 43.1 Å². The van der Waals surface area contributed by atoms with Crippen molar-refractivity contribution in [3.8, 4) is 0 Å². The smallest absolute Gasteiger partial charge is 0.258 e. The lowest BCUT2D eigenvalue weighted by molar-refractivity contribution is -0.384. The summed E-state index contributed by atoms with van der Waals surface area (Å²) in [7, 11) is 0. The second-order valence-corrected chi connectivity index (χ2v) is 3.24. The monoisotopic (exact) mass is 211 g/mol. The largest absolute Gasteiger partial charge is 0.270 e. The average Bonchev–Trinajstić information content (AvgIpc) is 2.18. The van der Waals surface area contributed by atoms with Crippen LogP contribution in [-0.4, -0.2) is 10.8 Å². The second kappa shape index (κ2) is 4.77. The summed E-state index contributed by atoms with van der Waals surface area (Å²) in [6.45, 7) is 1.88. The van der Waals surface area contributed by atoms with Gasteiger partial charge in [-0.25, -0.2) is 0 Å². The molecule has 0 bridgehead atoms. The van der Waals surface area contributed by atoms with E-state index in [0.29, 0.717) is 5.88 Å². The molecule has 0 heterocycles. The van der Waals surface area contributed by atoms with Crippen LogP contribution in [0.5, 0.6) is 0 Å². The van der Waals surface area contributed by atoms with E-state index >= 15 is 0 Å². The average molecular weight is 212 g/mol. The second-order valence-electron chi connectivity index (χ2n) is 2.98. The number of alkyl halides is 1.